The van der Waals surface area contributed by atoms with Crippen LogP contribution in [0.15, 0.2) is 47.4 Å². The molecule has 2 rings (SSSR count). The highest BCUT2D eigenvalue weighted by Crippen LogP contribution is 2.33. The molecule has 0 saturated heterocycles. The molecule has 2 amide bonds. The minimum absolute atomic E-state index is 0.429. The van der Waals surface area contributed by atoms with Crippen LogP contribution in [0.2, 0.25) is 0 Å². The molecule has 0 spiro atoms. The van der Waals surface area contributed by atoms with Gasteiger partial charge in [0.05, 0.1) is 0 Å². The van der Waals surface area contributed by atoms with E-state index in [0.29, 0.717) is 5.56 Å². The summed E-state index contributed by atoms with van der Waals surface area (Å²) in [6.07, 6.45) is 0. The van der Waals surface area contributed by atoms with Crippen molar-refractivity contribution in [3.05, 3.63) is 65.2 Å². The van der Waals surface area contributed by atoms with E-state index in [1.807, 2.05) is 31.2 Å². The summed E-state index contributed by atoms with van der Waals surface area (Å²) < 4.78 is 26.3. The number of rotatable bonds is 4. The van der Waals surface area contributed by atoms with Crippen molar-refractivity contribution in [2.45, 2.75) is 17.2 Å². The molecule has 0 radical (unpaired) electrons. The number of carbonyl (C=O) groups excluding carboxylic acids is 1. The van der Waals surface area contributed by atoms with Crippen LogP contribution in [0.1, 0.15) is 16.5 Å². The van der Waals surface area contributed by atoms with Crippen LogP contribution in [0.3, 0.4) is 0 Å². The fourth-order valence-electron chi connectivity index (χ4n) is 1.74. The van der Waals surface area contributed by atoms with Crippen molar-refractivity contribution in [3.63, 3.8) is 0 Å². The van der Waals surface area contributed by atoms with E-state index >= 15 is 0 Å². The van der Waals surface area contributed by atoms with Crippen molar-refractivity contribution in [2.24, 2.45) is 5.73 Å². The van der Waals surface area contributed by atoms with Gasteiger partial charge in [0, 0.05) is 4.90 Å². The van der Waals surface area contributed by atoms with Gasteiger partial charge in [0.2, 0.25) is 0 Å². The number of hydrogen-bond acceptors (Lipinski definition) is 2. The Morgan fingerprint density at radius 3 is 2.38 bits per heavy atom. The largest absolute Gasteiger partial charge is 0.352 e. The molecule has 0 bridgehead atoms. The Hall–Kier alpha value is -2.08. The number of aryl methyl sites for hydroxylation is 1. The van der Waals surface area contributed by atoms with E-state index in [1.165, 1.54) is 17.8 Å². The van der Waals surface area contributed by atoms with Gasteiger partial charge < -0.3 is 11.1 Å². The summed E-state index contributed by atoms with van der Waals surface area (Å²) in [7, 11) is 0. The van der Waals surface area contributed by atoms with E-state index in [4.69, 9.17) is 5.73 Å². The lowest BCUT2D eigenvalue weighted by Gasteiger charge is -2.18. The predicted molar refractivity (Wildman–Crippen MR) is 78.9 cm³/mol. The highest BCUT2D eigenvalue weighted by molar-refractivity contribution is 7.99. The highest BCUT2D eigenvalue weighted by Gasteiger charge is 2.16. The predicted octanol–water partition coefficient (Wildman–Crippen LogP) is 3.73. The lowest BCUT2D eigenvalue weighted by Crippen LogP contribution is -2.31. The quantitative estimate of drug-likeness (QED) is 0.668. The summed E-state index contributed by atoms with van der Waals surface area (Å²) >= 11 is 1.29. The number of halogens is 2. The van der Waals surface area contributed by atoms with Crippen LogP contribution < -0.4 is 11.1 Å². The molecule has 3 N–H and O–H groups in total. The van der Waals surface area contributed by atoms with Gasteiger partial charge in [-0.25, -0.2) is 13.6 Å². The maximum Gasteiger partial charge on any atom is 0.313 e. The summed E-state index contributed by atoms with van der Waals surface area (Å²) in [4.78, 5) is 12.0. The van der Waals surface area contributed by atoms with Gasteiger partial charge in [-0.05, 0) is 36.8 Å². The molecule has 0 fully saturated rings. The first-order chi connectivity index (χ1) is 9.95. The average Bonchev–Trinajstić information content (AvgIpc) is 2.43. The first-order valence-electron chi connectivity index (χ1n) is 6.20. The molecule has 2 aromatic rings. The first kappa shape index (κ1) is 15.3. The zero-order valence-corrected chi connectivity index (χ0v) is 12.1. The molecule has 0 heterocycles. The highest BCUT2D eigenvalue weighted by atomic mass is 32.2. The first-order valence-corrected chi connectivity index (χ1v) is 7.08. The molecular formula is C15H14F2N2OS. The third kappa shape index (κ3) is 4.19. The van der Waals surface area contributed by atoms with Gasteiger partial charge in [0.25, 0.3) is 0 Å². The third-order valence-electron chi connectivity index (χ3n) is 2.79. The fourth-order valence-corrected chi connectivity index (χ4v) is 2.76. The van der Waals surface area contributed by atoms with E-state index in [1.54, 1.807) is 0 Å². The van der Waals surface area contributed by atoms with Crippen LogP contribution in [0, 0.1) is 18.6 Å². The normalized spacial score (nSPS) is 12.0. The standard InChI is InChI=1S/C15H14F2N2OS/c1-9-2-5-11(6-3-9)21-14(19-15(18)20)10-4-7-12(16)13(17)8-10/h2-8,14H,1H3,(H3,18,19,20). The van der Waals surface area contributed by atoms with Gasteiger partial charge in [0.1, 0.15) is 5.37 Å². The summed E-state index contributed by atoms with van der Waals surface area (Å²) in [5.41, 5.74) is 6.68. The van der Waals surface area contributed by atoms with Crippen LogP contribution in [0.5, 0.6) is 0 Å². The van der Waals surface area contributed by atoms with E-state index < -0.39 is 23.0 Å². The summed E-state index contributed by atoms with van der Waals surface area (Å²) in [6.45, 7) is 1.96. The van der Waals surface area contributed by atoms with Gasteiger partial charge in [-0.1, -0.05) is 35.5 Å². The molecule has 0 aromatic heterocycles. The second kappa shape index (κ2) is 6.58. The molecule has 3 nitrogen and oxygen atoms in total. The SMILES string of the molecule is Cc1ccc(SC(NC(N)=O)c2ccc(F)c(F)c2)cc1. The molecule has 6 heteroatoms. The number of nitrogens with two attached hydrogens (primary N) is 1. The second-order valence-corrected chi connectivity index (χ2v) is 5.67. The summed E-state index contributed by atoms with van der Waals surface area (Å²) in [5.74, 6) is -1.90. The Morgan fingerprint density at radius 1 is 1.14 bits per heavy atom. The van der Waals surface area contributed by atoms with Crippen molar-refractivity contribution in [1.82, 2.24) is 5.32 Å². The van der Waals surface area contributed by atoms with Crippen LogP contribution in [0.4, 0.5) is 13.6 Å². The number of hydrogen-bond donors (Lipinski definition) is 2. The van der Waals surface area contributed by atoms with Gasteiger partial charge in [-0.3, -0.25) is 0 Å². The molecule has 0 saturated carbocycles. The molecule has 1 unspecified atom stereocenters. The number of nitrogens with one attached hydrogen (secondary N) is 1. The molecule has 1 atom stereocenters. The molecule has 21 heavy (non-hydrogen) atoms. The Labute approximate surface area is 125 Å². The number of thioether (sulfide) groups is 1. The number of primary amides is 1. The molecule has 2 aromatic carbocycles. The Bertz CT molecular complexity index is 647. The number of benzene rings is 2. The molecule has 0 aliphatic carbocycles. The maximum atomic E-state index is 13.3. The van der Waals surface area contributed by atoms with Crippen molar-refractivity contribution in [2.75, 3.05) is 0 Å². The van der Waals surface area contributed by atoms with Crippen LogP contribution in [-0.4, -0.2) is 6.03 Å². The minimum Gasteiger partial charge on any atom is -0.352 e. The lowest BCUT2D eigenvalue weighted by atomic mass is 10.2. The zero-order chi connectivity index (χ0) is 15.4. The van der Waals surface area contributed by atoms with Crippen LogP contribution in [0.25, 0.3) is 0 Å². The number of urea groups is 1. The third-order valence-corrected chi connectivity index (χ3v) is 3.96. The minimum atomic E-state index is -0.965. The van der Waals surface area contributed by atoms with Gasteiger partial charge >= 0.3 is 6.03 Å². The molecule has 0 aliphatic heterocycles. The molecule has 0 aliphatic rings. The van der Waals surface area contributed by atoms with Crippen molar-refractivity contribution < 1.29 is 13.6 Å². The summed E-state index contributed by atoms with van der Waals surface area (Å²) in [6, 6.07) is 10.4. The van der Waals surface area contributed by atoms with Crippen molar-refractivity contribution >= 4 is 17.8 Å². The Kier molecular flexibility index (Phi) is 4.80. The van der Waals surface area contributed by atoms with E-state index in [2.05, 4.69) is 5.32 Å². The van der Waals surface area contributed by atoms with Crippen molar-refractivity contribution in [3.8, 4) is 0 Å². The maximum absolute atomic E-state index is 13.3. The van der Waals surface area contributed by atoms with Crippen LogP contribution >= 0.6 is 11.8 Å². The molecular weight excluding hydrogens is 294 g/mol. The van der Waals surface area contributed by atoms with Gasteiger partial charge in [-0.15, -0.1) is 0 Å². The Balaban J connectivity index is 2.26. The van der Waals surface area contributed by atoms with Crippen LogP contribution in [-0.2, 0) is 0 Å². The number of carbonyl (C=O) groups is 1. The van der Waals surface area contributed by atoms with E-state index in [0.717, 1.165) is 22.6 Å². The fraction of sp³-hybridized carbons (Fsp3) is 0.133. The summed E-state index contributed by atoms with van der Waals surface area (Å²) in [5, 5.41) is 1.92. The van der Waals surface area contributed by atoms with E-state index in [9.17, 15) is 13.6 Å². The Morgan fingerprint density at radius 2 is 1.81 bits per heavy atom. The number of amides is 2. The van der Waals surface area contributed by atoms with E-state index in [-0.39, 0.29) is 0 Å². The van der Waals surface area contributed by atoms with Crippen molar-refractivity contribution in [1.29, 1.82) is 0 Å². The smallest absolute Gasteiger partial charge is 0.313 e. The van der Waals surface area contributed by atoms with Gasteiger partial charge in [-0.2, -0.15) is 0 Å². The zero-order valence-electron chi connectivity index (χ0n) is 11.3. The van der Waals surface area contributed by atoms with Gasteiger partial charge in [0.15, 0.2) is 11.6 Å². The topological polar surface area (TPSA) is 55.1 Å². The monoisotopic (exact) mass is 308 g/mol. The second-order valence-electron chi connectivity index (χ2n) is 4.49. The lowest BCUT2D eigenvalue weighted by molar-refractivity contribution is 0.248. The molecule has 110 valence electrons. The average molecular weight is 308 g/mol.